The second-order valence-electron chi connectivity index (χ2n) is 7.75. The minimum absolute atomic E-state index is 0.0446. The molecule has 0 fully saturated rings. The van der Waals surface area contributed by atoms with E-state index in [9.17, 15) is 4.79 Å². The summed E-state index contributed by atoms with van der Waals surface area (Å²) in [5.41, 5.74) is 5.04. The van der Waals surface area contributed by atoms with Crippen LogP contribution in [-0.2, 0) is 17.9 Å². The first-order chi connectivity index (χ1) is 15.5. The van der Waals surface area contributed by atoms with Gasteiger partial charge in [-0.15, -0.1) is 0 Å². The molecule has 0 aliphatic carbocycles. The monoisotopic (exact) mass is 429 g/mol. The number of imidazole rings is 1. The predicted molar refractivity (Wildman–Crippen MR) is 125 cm³/mol. The van der Waals surface area contributed by atoms with E-state index < -0.39 is 0 Å². The van der Waals surface area contributed by atoms with Gasteiger partial charge in [0.05, 0.1) is 31.2 Å². The maximum atomic E-state index is 12.5. The maximum Gasteiger partial charge on any atom is 0.258 e. The Labute approximate surface area is 187 Å². The first kappa shape index (κ1) is 21.4. The zero-order valence-electron chi connectivity index (χ0n) is 18.6. The summed E-state index contributed by atoms with van der Waals surface area (Å²) in [6, 6.07) is 21.8. The Morgan fingerprint density at radius 3 is 2.62 bits per heavy atom. The van der Waals surface area contributed by atoms with Gasteiger partial charge in [0.25, 0.3) is 5.91 Å². The molecule has 0 aliphatic rings. The van der Waals surface area contributed by atoms with E-state index in [0.717, 1.165) is 45.0 Å². The van der Waals surface area contributed by atoms with Crippen LogP contribution in [0.5, 0.6) is 11.5 Å². The van der Waals surface area contributed by atoms with E-state index in [4.69, 9.17) is 14.5 Å². The van der Waals surface area contributed by atoms with Gasteiger partial charge < -0.3 is 19.4 Å². The SMILES string of the molecule is COc1ccccc1Cn1c(CNC(=O)COc2cc(C)ccc2C)nc2ccccc21. The van der Waals surface area contributed by atoms with Crippen molar-refractivity contribution in [3.63, 3.8) is 0 Å². The van der Waals surface area contributed by atoms with Crippen LogP contribution in [-0.4, -0.2) is 29.2 Å². The van der Waals surface area contributed by atoms with Crippen molar-refractivity contribution >= 4 is 16.9 Å². The highest BCUT2D eigenvalue weighted by molar-refractivity contribution is 5.78. The first-order valence-corrected chi connectivity index (χ1v) is 10.6. The lowest BCUT2D eigenvalue weighted by Crippen LogP contribution is -2.29. The van der Waals surface area contributed by atoms with Crippen LogP contribution in [0.1, 0.15) is 22.5 Å². The van der Waals surface area contributed by atoms with Gasteiger partial charge in [-0.3, -0.25) is 4.79 Å². The van der Waals surface area contributed by atoms with Crippen LogP contribution in [0.4, 0.5) is 0 Å². The highest BCUT2D eigenvalue weighted by Gasteiger charge is 2.14. The molecule has 0 atom stereocenters. The molecule has 0 saturated heterocycles. The minimum Gasteiger partial charge on any atom is -0.496 e. The number of nitrogens with zero attached hydrogens (tertiary/aromatic N) is 2. The summed E-state index contributed by atoms with van der Waals surface area (Å²) in [7, 11) is 1.67. The Morgan fingerprint density at radius 2 is 1.78 bits per heavy atom. The third kappa shape index (κ3) is 4.75. The topological polar surface area (TPSA) is 65.4 Å². The molecular formula is C26H27N3O3. The summed E-state index contributed by atoms with van der Waals surface area (Å²) in [6.45, 7) is 4.82. The summed E-state index contributed by atoms with van der Waals surface area (Å²) < 4.78 is 13.4. The van der Waals surface area contributed by atoms with E-state index in [0.29, 0.717) is 13.1 Å². The van der Waals surface area contributed by atoms with Crippen LogP contribution in [0.2, 0.25) is 0 Å². The molecule has 164 valence electrons. The Hall–Kier alpha value is -3.80. The lowest BCUT2D eigenvalue weighted by Gasteiger charge is -2.13. The van der Waals surface area contributed by atoms with Gasteiger partial charge >= 0.3 is 0 Å². The van der Waals surface area contributed by atoms with E-state index in [2.05, 4.69) is 9.88 Å². The largest absolute Gasteiger partial charge is 0.496 e. The molecule has 1 amide bonds. The van der Waals surface area contributed by atoms with Crippen molar-refractivity contribution in [2.75, 3.05) is 13.7 Å². The summed E-state index contributed by atoms with van der Waals surface area (Å²) in [5, 5.41) is 2.94. The molecule has 6 heteroatoms. The third-order valence-corrected chi connectivity index (χ3v) is 5.40. The van der Waals surface area contributed by atoms with Crippen molar-refractivity contribution in [3.8, 4) is 11.5 Å². The Bertz CT molecular complexity index is 1250. The van der Waals surface area contributed by atoms with Crippen LogP contribution in [0.15, 0.2) is 66.7 Å². The van der Waals surface area contributed by atoms with Gasteiger partial charge in [0.1, 0.15) is 17.3 Å². The summed E-state index contributed by atoms with van der Waals surface area (Å²) in [4.78, 5) is 17.2. The molecule has 0 spiro atoms. The second-order valence-corrected chi connectivity index (χ2v) is 7.75. The number of ether oxygens (including phenoxy) is 2. The first-order valence-electron chi connectivity index (χ1n) is 10.6. The van der Waals surface area contributed by atoms with Gasteiger partial charge in [0.2, 0.25) is 0 Å². The molecule has 4 aromatic rings. The fourth-order valence-electron chi connectivity index (χ4n) is 3.68. The molecule has 0 radical (unpaired) electrons. The number of aryl methyl sites for hydroxylation is 2. The number of benzene rings is 3. The van der Waals surface area contributed by atoms with Crippen molar-refractivity contribution in [2.24, 2.45) is 0 Å². The average molecular weight is 430 g/mol. The number of nitrogens with one attached hydrogen (secondary N) is 1. The number of para-hydroxylation sites is 3. The Kier molecular flexibility index (Phi) is 6.40. The number of rotatable bonds is 8. The van der Waals surface area contributed by atoms with Crippen LogP contribution >= 0.6 is 0 Å². The van der Waals surface area contributed by atoms with Crippen molar-refractivity contribution < 1.29 is 14.3 Å². The fourth-order valence-corrected chi connectivity index (χ4v) is 3.68. The maximum absolute atomic E-state index is 12.5. The summed E-state index contributed by atoms with van der Waals surface area (Å²) in [6.07, 6.45) is 0. The van der Waals surface area contributed by atoms with Crippen molar-refractivity contribution in [1.82, 2.24) is 14.9 Å². The molecule has 4 rings (SSSR count). The minimum atomic E-state index is -0.193. The van der Waals surface area contributed by atoms with Crippen molar-refractivity contribution in [2.45, 2.75) is 26.9 Å². The standard InChI is InChI=1S/C26H27N3O3/c1-18-12-13-19(2)24(14-18)32-17-26(30)27-15-25-28-21-9-5-6-10-22(21)29(25)16-20-8-4-7-11-23(20)31-3/h4-14H,15-17H2,1-3H3,(H,27,30). The number of methoxy groups -OCH3 is 1. The zero-order chi connectivity index (χ0) is 22.5. The average Bonchev–Trinajstić information content (AvgIpc) is 3.16. The molecule has 32 heavy (non-hydrogen) atoms. The van der Waals surface area contributed by atoms with Crippen LogP contribution in [0, 0.1) is 13.8 Å². The second kappa shape index (κ2) is 9.56. The number of carbonyl (C=O) groups is 1. The van der Waals surface area contributed by atoms with Gasteiger partial charge in [-0.25, -0.2) is 4.98 Å². The molecule has 6 nitrogen and oxygen atoms in total. The van der Waals surface area contributed by atoms with Gasteiger partial charge in [0, 0.05) is 5.56 Å². The number of hydrogen-bond donors (Lipinski definition) is 1. The Morgan fingerprint density at radius 1 is 1.00 bits per heavy atom. The smallest absolute Gasteiger partial charge is 0.258 e. The number of fused-ring (bicyclic) bond motifs is 1. The van der Waals surface area contributed by atoms with Gasteiger partial charge in [-0.05, 0) is 49.2 Å². The van der Waals surface area contributed by atoms with Crippen LogP contribution < -0.4 is 14.8 Å². The highest BCUT2D eigenvalue weighted by atomic mass is 16.5. The molecule has 3 aromatic carbocycles. The number of aromatic nitrogens is 2. The molecule has 0 aliphatic heterocycles. The number of hydrogen-bond acceptors (Lipinski definition) is 4. The molecule has 1 N–H and O–H groups in total. The lowest BCUT2D eigenvalue weighted by molar-refractivity contribution is -0.123. The number of amides is 1. The summed E-state index contributed by atoms with van der Waals surface area (Å²) >= 11 is 0. The van der Waals surface area contributed by atoms with Gasteiger partial charge in [0.15, 0.2) is 6.61 Å². The third-order valence-electron chi connectivity index (χ3n) is 5.40. The van der Waals surface area contributed by atoms with Crippen LogP contribution in [0.3, 0.4) is 0 Å². The number of carbonyl (C=O) groups excluding carboxylic acids is 1. The van der Waals surface area contributed by atoms with Gasteiger partial charge in [-0.1, -0.05) is 42.5 Å². The van der Waals surface area contributed by atoms with Crippen molar-refractivity contribution in [3.05, 3.63) is 89.2 Å². The predicted octanol–water partition coefficient (Wildman–Crippen LogP) is 4.41. The quantitative estimate of drug-likeness (QED) is 0.451. The molecule has 0 unspecified atom stereocenters. The lowest BCUT2D eigenvalue weighted by atomic mass is 10.1. The van der Waals surface area contributed by atoms with Crippen molar-refractivity contribution in [1.29, 1.82) is 0 Å². The van der Waals surface area contributed by atoms with E-state index in [-0.39, 0.29) is 12.5 Å². The van der Waals surface area contributed by atoms with E-state index in [1.54, 1.807) is 7.11 Å². The van der Waals surface area contributed by atoms with E-state index in [1.165, 1.54) is 0 Å². The zero-order valence-corrected chi connectivity index (χ0v) is 18.6. The highest BCUT2D eigenvalue weighted by Crippen LogP contribution is 2.23. The molecular weight excluding hydrogens is 402 g/mol. The van der Waals surface area contributed by atoms with Crippen LogP contribution in [0.25, 0.3) is 11.0 Å². The van der Waals surface area contributed by atoms with Gasteiger partial charge in [-0.2, -0.15) is 0 Å². The summed E-state index contributed by atoms with van der Waals surface area (Å²) in [5.74, 6) is 2.13. The van der Waals surface area contributed by atoms with E-state index in [1.807, 2.05) is 80.6 Å². The molecule has 0 bridgehead atoms. The Balaban J connectivity index is 1.49. The van der Waals surface area contributed by atoms with E-state index >= 15 is 0 Å². The molecule has 0 saturated carbocycles. The molecule has 1 aromatic heterocycles. The normalized spacial score (nSPS) is 10.8. The molecule has 1 heterocycles. The fraction of sp³-hybridized carbons (Fsp3) is 0.231.